The Morgan fingerprint density at radius 3 is 2.72 bits per heavy atom. The highest BCUT2D eigenvalue weighted by atomic mass is 35.5. The average molecular weight is 695 g/mol. The van der Waals surface area contributed by atoms with Crippen LogP contribution in [0.5, 0.6) is 5.75 Å². The van der Waals surface area contributed by atoms with Gasteiger partial charge in [-0.2, -0.15) is 0 Å². The first-order valence-corrected chi connectivity index (χ1v) is 17.2. The maximum atomic E-state index is 13.8. The van der Waals surface area contributed by atoms with Crippen LogP contribution in [0.4, 0.5) is 5.13 Å². The molecule has 4 heterocycles. The van der Waals surface area contributed by atoms with Crippen LogP contribution in [0.1, 0.15) is 54.7 Å². The van der Waals surface area contributed by atoms with Crippen molar-refractivity contribution in [2.75, 3.05) is 11.5 Å². The molecule has 0 spiro atoms. The molecule has 0 saturated carbocycles. The molecule has 236 valence electrons. The number of amides is 1. The molecule has 1 amide bonds. The number of hydrogen-bond donors (Lipinski definition) is 1. The van der Waals surface area contributed by atoms with E-state index >= 15 is 0 Å². The number of aromatic nitrogens is 4. The Morgan fingerprint density at radius 1 is 1.07 bits per heavy atom. The second-order valence-electron chi connectivity index (χ2n) is 10.6. The molecule has 0 bridgehead atoms. The van der Waals surface area contributed by atoms with Gasteiger partial charge in [0.05, 0.1) is 23.9 Å². The average Bonchev–Trinajstić information content (AvgIpc) is 3.72. The molecule has 6 rings (SSSR count). The van der Waals surface area contributed by atoms with E-state index in [4.69, 9.17) is 27.9 Å². The zero-order valence-corrected chi connectivity index (χ0v) is 28.1. The van der Waals surface area contributed by atoms with Gasteiger partial charge in [0, 0.05) is 22.0 Å². The summed E-state index contributed by atoms with van der Waals surface area (Å²) < 4.78 is 8.29. The molecular formula is C33H29Cl2N5O4S2. The molecule has 1 saturated heterocycles. The fraction of sp³-hybridized carbons (Fsp3) is 0.242. The second kappa shape index (κ2) is 13.8. The van der Waals surface area contributed by atoms with Gasteiger partial charge in [-0.25, -0.2) is 4.98 Å². The van der Waals surface area contributed by atoms with Crippen molar-refractivity contribution in [3.05, 3.63) is 105 Å². The van der Waals surface area contributed by atoms with Crippen LogP contribution in [0.15, 0.2) is 76.8 Å². The van der Waals surface area contributed by atoms with Crippen LogP contribution in [-0.4, -0.2) is 43.0 Å². The van der Waals surface area contributed by atoms with E-state index in [0.717, 1.165) is 24.8 Å². The Balaban J connectivity index is 1.41. The highest BCUT2D eigenvalue weighted by Crippen LogP contribution is 2.45. The number of nitrogens with zero attached hydrogens (tertiary/aromatic N) is 5. The number of ether oxygens (including phenoxy) is 1. The number of benzene rings is 2. The lowest BCUT2D eigenvalue weighted by atomic mass is 9.96. The van der Waals surface area contributed by atoms with E-state index in [1.54, 1.807) is 60.0 Å². The number of ketones is 1. The van der Waals surface area contributed by atoms with Gasteiger partial charge in [-0.1, -0.05) is 90.3 Å². The number of pyridine rings is 1. The van der Waals surface area contributed by atoms with Gasteiger partial charge in [0.25, 0.3) is 5.78 Å². The molecule has 1 aliphatic heterocycles. The predicted molar refractivity (Wildman–Crippen MR) is 182 cm³/mol. The first-order valence-electron chi connectivity index (χ1n) is 14.6. The largest absolute Gasteiger partial charge is 0.505 e. The minimum absolute atomic E-state index is 0.0702. The highest BCUT2D eigenvalue weighted by molar-refractivity contribution is 8.00. The lowest BCUT2D eigenvalue weighted by Crippen LogP contribution is -2.29. The zero-order valence-electron chi connectivity index (χ0n) is 24.9. The Morgan fingerprint density at radius 2 is 1.91 bits per heavy atom. The number of aryl methyl sites for hydroxylation is 1. The van der Waals surface area contributed by atoms with E-state index in [1.165, 1.54) is 28.0 Å². The lowest BCUT2D eigenvalue weighted by molar-refractivity contribution is -0.132. The van der Waals surface area contributed by atoms with Crippen molar-refractivity contribution in [2.45, 2.75) is 49.2 Å². The second-order valence-corrected chi connectivity index (χ2v) is 13.7. The van der Waals surface area contributed by atoms with Crippen molar-refractivity contribution < 1.29 is 19.4 Å². The maximum absolute atomic E-state index is 13.8. The quantitative estimate of drug-likeness (QED) is 0.0368. The minimum Gasteiger partial charge on any atom is -0.505 e. The number of rotatable bonds is 11. The molecule has 1 aliphatic rings. The molecule has 1 atom stereocenters. The molecule has 3 aromatic heterocycles. The Kier molecular flexibility index (Phi) is 9.65. The number of carbonyl (C=O) groups is 2. The SMILES string of the molecule is CCCCCOc1cccc(C2/C(=C(\O)c3c(C)nc4ccccn34)C(=O)C(=O)N2c2nnc(SCc3ccc(Cl)cc3Cl)s2)c1. The van der Waals surface area contributed by atoms with Crippen LogP contribution < -0.4 is 9.64 Å². The fourth-order valence-corrected chi connectivity index (χ4v) is 7.75. The maximum Gasteiger partial charge on any atom is 0.301 e. The number of unbranched alkanes of at least 4 members (excludes halogenated alkanes) is 2. The van der Waals surface area contributed by atoms with Crippen LogP contribution in [-0.2, 0) is 15.3 Å². The van der Waals surface area contributed by atoms with Crippen molar-refractivity contribution in [1.82, 2.24) is 19.6 Å². The molecule has 1 unspecified atom stereocenters. The molecule has 1 fully saturated rings. The summed E-state index contributed by atoms with van der Waals surface area (Å²) in [6.07, 6.45) is 4.76. The van der Waals surface area contributed by atoms with E-state index in [2.05, 4.69) is 22.1 Å². The van der Waals surface area contributed by atoms with Gasteiger partial charge in [0.15, 0.2) is 10.1 Å². The number of halogens is 2. The summed E-state index contributed by atoms with van der Waals surface area (Å²) in [5.41, 5.74) is 2.82. The monoisotopic (exact) mass is 693 g/mol. The van der Waals surface area contributed by atoms with E-state index in [0.29, 0.717) is 55.1 Å². The molecule has 13 heteroatoms. The Hall–Kier alpha value is -3.90. The molecule has 1 N–H and O–H groups in total. The van der Waals surface area contributed by atoms with Crippen LogP contribution in [0.2, 0.25) is 10.0 Å². The number of anilines is 1. The van der Waals surface area contributed by atoms with E-state index in [-0.39, 0.29) is 16.5 Å². The number of carbonyl (C=O) groups excluding carboxylic acids is 2. The summed E-state index contributed by atoms with van der Waals surface area (Å²) >= 11 is 15.0. The summed E-state index contributed by atoms with van der Waals surface area (Å²) in [6, 6.07) is 17.0. The predicted octanol–water partition coefficient (Wildman–Crippen LogP) is 8.29. The number of thioether (sulfide) groups is 1. The van der Waals surface area contributed by atoms with E-state index in [1.807, 2.05) is 18.2 Å². The van der Waals surface area contributed by atoms with Gasteiger partial charge in [-0.3, -0.25) is 18.9 Å². The summed E-state index contributed by atoms with van der Waals surface area (Å²) in [4.78, 5) is 33.5. The Bertz CT molecular complexity index is 1970. The van der Waals surface area contributed by atoms with Crippen molar-refractivity contribution in [3.8, 4) is 5.75 Å². The minimum atomic E-state index is -0.996. The van der Waals surface area contributed by atoms with E-state index in [9.17, 15) is 14.7 Å². The van der Waals surface area contributed by atoms with Crippen molar-refractivity contribution in [1.29, 1.82) is 0 Å². The summed E-state index contributed by atoms with van der Waals surface area (Å²) in [7, 11) is 0. The Labute approximate surface area is 283 Å². The molecular weight excluding hydrogens is 665 g/mol. The van der Waals surface area contributed by atoms with Gasteiger partial charge in [0.1, 0.15) is 17.1 Å². The number of imidazole rings is 1. The first-order chi connectivity index (χ1) is 22.3. The van der Waals surface area contributed by atoms with Crippen molar-refractivity contribution in [3.63, 3.8) is 0 Å². The molecule has 2 aromatic carbocycles. The third-order valence-corrected chi connectivity index (χ3v) is 10.2. The van der Waals surface area contributed by atoms with Gasteiger partial charge in [-0.15, -0.1) is 10.2 Å². The number of fused-ring (bicyclic) bond motifs is 1. The topological polar surface area (TPSA) is 110 Å². The molecule has 0 aliphatic carbocycles. The van der Waals surface area contributed by atoms with Gasteiger partial charge >= 0.3 is 5.91 Å². The molecule has 5 aromatic rings. The number of aliphatic hydroxyl groups is 1. The summed E-state index contributed by atoms with van der Waals surface area (Å²) in [5.74, 6) is -0.885. The van der Waals surface area contributed by atoms with Gasteiger partial charge in [-0.05, 0) is 60.9 Å². The molecule has 46 heavy (non-hydrogen) atoms. The third-order valence-electron chi connectivity index (χ3n) is 7.53. The number of Topliss-reactive ketones (excluding diaryl/α,β-unsaturated/α-hetero) is 1. The smallest absolute Gasteiger partial charge is 0.301 e. The number of aliphatic hydroxyl groups excluding tert-OH is 1. The van der Waals surface area contributed by atoms with Crippen LogP contribution in [0.3, 0.4) is 0 Å². The fourth-order valence-electron chi connectivity index (χ4n) is 5.32. The summed E-state index contributed by atoms with van der Waals surface area (Å²) in [6.45, 7) is 4.41. The van der Waals surface area contributed by atoms with Gasteiger partial charge < -0.3 is 9.84 Å². The van der Waals surface area contributed by atoms with Crippen LogP contribution in [0.25, 0.3) is 11.4 Å². The lowest BCUT2D eigenvalue weighted by Gasteiger charge is -2.23. The molecule has 9 nitrogen and oxygen atoms in total. The normalized spacial score (nSPS) is 16.1. The van der Waals surface area contributed by atoms with Crippen molar-refractivity contribution >= 4 is 74.5 Å². The third kappa shape index (κ3) is 6.37. The number of hydrogen-bond acceptors (Lipinski definition) is 9. The molecule has 0 radical (unpaired) electrons. The zero-order chi connectivity index (χ0) is 32.4. The highest BCUT2D eigenvalue weighted by Gasteiger charge is 2.49. The first kappa shape index (κ1) is 32.1. The van der Waals surface area contributed by atoms with Crippen LogP contribution >= 0.6 is 46.3 Å². The van der Waals surface area contributed by atoms with Crippen LogP contribution in [0, 0.1) is 6.92 Å². The van der Waals surface area contributed by atoms with Gasteiger partial charge in [0.2, 0.25) is 5.13 Å². The van der Waals surface area contributed by atoms with Crippen molar-refractivity contribution in [2.24, 2.45) is 0 Å². The van der Waals surface area contributed by atoms with E-state index < -0.39 is 17.7 Å². The standard InChI is InChI=1S/C33H29Cl2N5O4S2/c1-3-4-7-15-44-23-10-8-9-20(16-23)28-26(29(41)27-19(2)36-25-11-5-6-14-39(25)27)30(42)31(43)40(28)32-37-38-33(46-32)45-18-21-12-13-22(34)17-24(21)35/h5-6,8-14,16-17,28,41H,3-4,7,15,18H2,1-2H3/b29-26+. The summed E-state index contributed by atoms with van der Waals surface area (Å²) in [5, 5.41) is 21.8.